The van der Waals surface area contributed by atoms with E-state index in [9.17, 15) is 9.59 Å². The summed E-state index contributed by atoms with van der Waals surface area (Å²) in [5, 5.41) is 0. The maximum atomic E-state index is 12.2. The lowest BCUT2D eigenvalue weighted by Crippen LogP contribution is -2.39. The number of anilines is 1. The van der Waals surface area contributed by atoms with Crippen LogP contribution in [0.15, 0.2) is 24.3 Å². The van der Waals surface area contributed by atoms with Crippen LogP contribution in [-0.2, 0) is 4.74 Å². The van der Waals surface area contributed by atoms with Crippen molar-refractivity contribution in [1.82, 2.24) is 4.90 Å². The third kappa shape index (κ3) is 4.98. The van der Waals surface area contributed by atoms with Crippen LogP contribution in [0, 0.1) is 0 Å². The van der Waals surface area contributed by atoms with Gasteiger partial charge in [0.25, 0.3) is 0 Å². The highest BCUT2D eigenvalue weighted by atomic mass is 16.6. The van der Waals surface area contributed by atoms with Gasteiger partial charge < -0.3 is 14.5 Å². The lowest BCUT2D eigenvalue weighted by Gasteiger charge is -2.27. The average Bonchev–Trinajstić information content (AvgIpc) is 2.71. The Morgan fingerprint density at radius 1 is 1.00 bits per heavy atom. The smallest absolute Gasteiger partial charge is 0.410 e. The second-order valence-corrected chi connectivity index (χ2v) is 6.91. The molecule has 1 aromatic rings. The van der Waals surface area contributed by atoms with Gasteiger partial charge in [-0.2, -0.15) is 0 Å². The number of carbonyl (C=O) groups excluding carboxylic acids is 2. The molecule has 2 rings (SSSR count). The molecule has 0 N–H and O–H groups in total. The molecule has 1 amide bonds. The molecule has 1 aliphatic heterocycles. The quantitative estimate of drug-likeness (QED) is 0.785. The zero-order valence-electron chi connectivity index (χ0n) is 14.5. The predicted octanol–water partition coefficient (Wildman–Crippen LogP) is 3.34. The van der Waals surface area contributed by atoms with E-state index in [0.29, 0.717) is 13.1 Å². The maximum Gasteiger partial charge on any atom is 0.410 e. The lowest BCUT2D eigenvalue weighted by molar-refractivity contribution is 0.0263. The molecule has 0 unspecified atom stereocenters. The van der Waals surface area contributed by atoms with Crippen LogP contribution in [0.5, 0.6) is 0 Å². The van der Waals surface area contributed by atoms with Gasteiger partial charge in [-0.1, -0.05) is 0 Å². The fourth-order valence-corrected chi connectivity index (χ4v) is 2.59. The van der Waals surface area contributed by atoms with Gasteiger partial charge >= 0.3 is 6.09 Å². The number of hydrogen-bond donors (Lipinski definition) is 0. The Bertz CT molecular complexity index is 561. The first-order valence-electron chi connectivity index (χ1n) is 8.10. The summed E-state index contributed by atoms with van der Waals surface area (Å²) in [6.45, 7) is 10.2. The van der Waals surface area contributed by atoms with Crippen LogP contribution >= 0.6 is 0 Å². The molecule has 0 atom stereocenters. The van der Waals surface area contributed by atoms with Crippen LogP contribution < -0.4 is 4.90 Å². The number of carbonyl (C=O) groups is 2. The van der Waals surface area contributed by atoms with Crippen LogP contribution in [-0.4, -0.2) is 48.6 Å². The fourth-order valence-electron chi connectivity index (χ4n) is 2.59. The van der Waals surface area contributed by atoms with Gasteiger partial charge in [0.1, 0.15) is 5.60 Å². The topological polar surface area (TPSA) is 49.9 Å². The van der Waals surface area contributed by atoms with Gasteiger partial charge in [-0.05, 0) is 58.4 Å². The minimum absolute atomic E-state index is 0.0727. The first-order valence-corrected chi connectivity index (χ1v) is 8.10. The third-order valence-electron chi connectivity index (χ3n) is 3.79. The van der Waals surface area contributed by atoms with E-state index in [4.69, 9.17) is 4.74 Å². The normalized spacial score (nSPS) is 16.0. The summed E-state index contributed by atoms with van der Waals surface area (Å²) >= 11 is 0. The van der Waals surface area contributed by atoms with Crippen molar-refractivity contribution >= 4 is 17.6 Å². The molecule has 0 spiro atoms. The molecule has 0 bridgehead atoms. The Hall–Kier alpha value is -2.04. The molecule has 23 heavy (non-hydrogen) atoms. The van der Waals surface area contributed by atoms with E-state index in [0.717, 1.165) is 30.8 Å². The van der Waals surface area contributed by atoms with Crippen molar-refractivity contribution in [2.24, 2.45) is 0 Å². The molecule has 5 nitrogen and oxygen atoms in total. The first-order chi connectivity index (χ1) is 10.8. The van der Waals surface area contributed by atoms with E-state index in [1.54, 1.807) is 11.8 Å². The minimum Gasteiger partial charge on any atom is -0.444 e. The highest BCUT2D eigenvalue weighted by molar-refractivity contribution is 5.94. The van der Waals surface area contributed by atoms with Gasteiger partial charge in [-0.25, -0.2) is 4.79 Å². The summed E-state index contributed by atoms with van der Waals surface area (Å²) in [6, 6.07) is 7.65. The zero-order chi connectivity index (χ0) is 17.0. The molecule has 1 heterocycles. The number of rotatable bonds is 2. The SMILES string of the molecule is CC(=O)c1ccc(N2CCCN(C(=O)OC(C)(C)C)CC2)cc1. The minimum atomic E-state index is -0.467. The molecule has 5 heteroatoms. The Morgan fingerprint density at radius 3 is 2.22 bits per heavy atom. The molecule has 1 aliphatic rings. The Balaban J connectivity index is 1.98. The largest absolute Gasteiger partial charge is 0.444 e. The Kier molecular flexibility index (Phi) is 5.29. The van der Waals surface area contributed by atoms with Crippen LogP contribution in [0.4, 0.5) is 10.5 Å². The summed E-state index contributed by atoms with van der Waals surface area (Å²) < 4.78 is 5.45. The van der Waals surface area contributed by atoms with E-state index in [2.05, 4.69) is 4.90 Å². The van der Waals surface area contributed by atoms with Gasteiger partial charge in [-0.3, -0.25) is 4.79 Å². The fraction of sp³-hybridized carbons (Fsp3) is 0.556. The molecule has 0 radical (unpaired) electrons. The van der Waals surface area contributed by atoms with E-state index < -0.39 is 5.60 Å². The van der Waals surface area contributed by atoms with Crippen LogP contribution in [0.25, 0.3) is 0 Å². The second-order valence-electron chi connectivity index (χ2n) is 6.91. The van der Waals surface area contributed by atoms with E-state index >= 15 is 0 Å². The van der Waals surface area contributed by atoms with E-state index in [1.165, 1.54) is 0 Å². The van der Waals surface area contributed by atoms with Crippen molar-refractivity contribution in [2.45, 2.75) is 39.7 Å². The number of nitrogens with zero attached hydrogens (tertiary/aromatic N) is 2. The molecule has 1 aromatic carbocycles. The van der Waals surface area contributed by atoms with Crippen molar-refractivity contribution in [2.75, 3.05) is 31.1 Å². The molecular weight excluding hydrogens is 292 g/mol. The van der Waals surface area contributed by atoms with Crippen LogP contribution in [0.2, 0.25) is 0 Å². The van der Waals surface area contributed by atoms with E-state index in [-0.39, 0.29) is 11.9 Å². The second kappa shape index (κ2) is 7.02. The monoisotopic (exact) mass is 318 g/mol. The molecule has 0 aromatic heterocycles. The van der Waals surface area contributed by atoms with Crippen molar-refractivity contribution in [1.29, 1.82) is 0 Å². The molecule has 0 aliphatic carbocycles. The van der Waals surface area contributed by atoms with Crippen LogP contribution in [0.3, 0.4) is 0 Å². The van der Waals surface area contributed by atoms with Gasteiger partial charge in [-0.15, -0.1) is 0 Å². The van der Waals surface area contributed by atoms with Crippen molar-refractivity contribution < 1.29 is 14.3 Å². The molecular formula is C18H26N2O3. The molecule has 1 fully saturated rings. The lowest BCUT2D eigenvalue weighted by atomic mass is 10.1. The van der Waals surface area contributed by atoms with Gasteiger partial charge in [0.05, 0.1) is 0 Å². The van der Waals surface area contributed by atoms with Gasteiger partial charge in [0.15, 0.2) is 5.78 Å². The first kappa shape index (κ1) is 17.3. The summed E-state index contributed by atoms with van der Waals surface area (Å²) in [5.74, 6) is 0.0727. The Morgan fingerprint density at radius 2 is 1.65 bits per heavy atom. The Labute approximate surface area is 138 Å². The zero-order valence-corrected chi connectivity index (χ0v) is 14.5. The summed E-state index contributed by atoms with van der Waals surface area (Å²) in [4.78, 5) is 27.5. The third-order valence-corrected chi connectivity index (χ3v) is 3.79. The standard InChI is InChI=1S/C18H26N2O3/c1-14(21)15-6-8-16(9-7-15)19-10-5-11-20(13-12-19)17(22)23-18(2,3)4/h6-9H,5,10-13H2,1-4H3. The van der Waals surface area contributed by atoms with E-state index in [1.807, 2.05) is 45.0 Å². The number of ketones is 1. The predicted molar refractivity (Wildman–Crippen MR) is 91.1 cm³/mol. The molecule has 126 valence electrons. The number of ether oxygens (including phenoxy) is 1. The summed E-state index contributed by atoms with van der Waals surface area (Å²) in [6.07, 6.45) is 0.652. The highest BCUT2D eigenvalue weighted by Gasteiger charge is 2.24. The van der Waals surface area contributed by atoms with Crippen molar-refractivity contribution in [3.05, 3.63) is 29.8 Å². The van der Waals surface area contributed by atoms with Crippen LogP contribution in [0.1, 0.15) is 44.5 Å². The molecule has 1 saturated heterocycles. The van der Waals surface area contributed by atoms with Gasteiger partial charge in [0, 0.05) is 37.4 Å². The van der Waals surface area contributed by atoms with Gasteiger partial charge in [0.2, 0.25) is 0 Å². The summed E-state index contributed by atoms with van der Waals surface area (Å²) in [7, 11) is 0. The van der Waals surface area contributed by atoms with Crippen molar-refractivity contribution in [3.63, 3.8) is 0 Å². The average molecular weight is 318 g/mol. The number of Topliss-reactive ketones (excluding diaryl/α,β-unsaturated/α-hetero) is 1. The number of benzene rings is 1. The molecule has 0 saturated carbocycles. The number of hydrogen-bond acceptors (Lipinski definition) is 4. The maximum absolute atomic E-state index is 12.2. The number of amides is 1. The summed E-state index contributed by atoms with van der Waals surface area (Å²) in [5.41, 5.74) is 1.34. The highest BCUT2D eigenvalue weighted by Crippen LogP contribution is 2.19. The van der Waals surface area contributed by atoms with Crippen molar-refractivity contribution in [3.8, 4) is 0 Å².